The average molecular weight is 182 g/mol. The van der Waals surface area contributed by atoms with Crippen molar-refractivity contribution < 1.29 is 13.9 Å². The molecule has 1 aromatic rings. The van der Waals surface area contributed by atoms with Crippen molar-refractivity contribution in [2.24, 2.45) is 0 Å². The van der Waals surface area contributed by atoms with Crippen LogP contribution < -0.4 is 0 Å². The minimum atomic E-state index is -0.377. The molecular formula is C10H11FO2. The highest BCUT2D eigenvalue weighted by molar-refractivity contribution is 5.89. The summed E-state index contributed by atoms with van der Waals surface area (Å²) >= 11 is 0. The third-order valence-corrected chi connectivity index (χ3v) is 1.76. The second-order valence-corrected chi connectivity index (χ2v) is 2.63. The number of ether oxygens (including phenoxy) is 1. The van der Waals surface area contributed by atoms with E-state index in [1.54, 1.807) is 24.3 Å². The van der Waals surface area contributed by atoms with Gasteiger partial charge in [0.2, 0.25) is 0 Å². The van der Waals surface area contributed by atoms with Crippen LogP contribution in [0.1, 0.15) is 15.9 Å². The molecule has 2 nitrogen and oxygen atoms in total. The maximum atomic E-state index is 11.9. The molecule has 1 aromatic carbocycles. The fraction of sp³-hybridized carbons (Fsp3) is 0.300. The molecular weight excluding hydrogens is 171 g/mol. The molecule has 0 aliphatic carbocycles. The van der Waals surface area contributed by atoms with Crippen molar-refractivity contribution in [3.8, 4) is 0 Å². The van der Waals surface area contributed by atoms with Gasteiger partial charge in [0.25, 0.3) is 0 Å². The van der Waals surface area contributed by atoms with Crippen LogP contribution in [0.3, 0.4) is 0 Å². The van der Waals surface area contributed by atoms with Crippen molar-refractivity contribution in [3.63, 3.8) is 0 Å². The third kappa shape index (κ3) is 2.54. The van der Waals surface area contributed by atoms with Crippen LogP contribution in [-0.2, 0) is 11.2 Å². The standard InChI is InChI=1S/C10H11FO2/c1-13-10(12)9-4-2-8(3-5-9)6-7-11/h2-5H,6-7H2,1H3. The largest absolute Gasteiger partial charge is 0.465 e. The molecule has 3 heteroatoms. The highest BCUT2D eigenvalue weighted by atomic mass is 19.1. The number of alkyl halides is 1. The smallest absolute Gasteiger partial charge is 0.337 e. The number of benzene rings is 1. The number of esters is 1. The Morgan fingerprint density at radius 3 is 2.46 bits per heavy atom. The van der Waals surface area contributed by atoms with Crippen molar-refractivity contribution in [1.29, 1.82) is 0 Å². The Morgan fingerprint density at radius 2 is 2.00 bits per heavy atom. The van der Waals surface area contributed by atoms with E-state index >= 15 is 0 Å². The van der Waals surface area contributed by atoms with Crippen molar-refractivity contribution in [2.75, 3.05) is 13.8 Å². The molecule has 0 heterocycles. The van der Waals surface area contributed by atoms with Gasteiger partial charge in [0.05, 0.1) is 19.3 Å². The molecule has 1 rings (SSSR count). The molecule has 0 saturated carbocycles. The maximum absolute atomic E-state index is 11.9. The molecule has 0 bridgehead atoms. The molecule has 0 aromatic heterocycles. The topological polar surface area (TPSA) is 26.3 Å². The summed E-state index contributed by atoms with van der Waals surface area (Å²) in [6.45, 7) is -0.377. The Bertz CT molecular complexity index is 279. The first-order valence-corrected chi connectivity index (χ1v) is 4.01. The van der Waals surface area contributed by atoms with Gasteiger partial charge in [-0.1, -0.05) is 12.1 Å². The zero-order valence-corrected chi connectivity index (χ0v) is 7.42. The van der Waals surface area contributed by atoms with Gasteiger partial charge in [-0.3, -0.25) is 4.39 Å². The van der Waals surface area contributed by atoms with Crippen molar-refractivity contribution in [1.82, 2.24) is 0 Å². The molecule has 0 atom stereocenters. The van der Waals surface area contributed by atoms with E-state index in [0.29, 0.717) is 12.0 Å². The number of aryl methyl sites for hydroxylation is 1. The van der Waals surface area contributed by atoms with Crippen molar-refractivity contribution in [2.45, 2.75) is 6.42 Å². The molecule has 70 valence electrons. The molecule has 0 N–H and O–H groups in total. The van der Waals surface area contributed by atoms with E-state index < -0.39 is 0 Å². The van der Waals surface area contributed by atoms with E-state index in [-0.39, 0.29) is 12.6 Å². The Kier molecular flexibility index (Phi) is 3.43. The minimum Gasteiger partial charge on any atom is -0.465 e. The summed E-state index contributed by atoms with van der Waals surface area (Å²) in [5, 5.41) is 0. The summed E-state index contributed by atoms with van der Waals surface area (Å²) in [5.41, 5.74) is 1.38. The normalized spacial score (nSPS) is 9.69. The Balaban J connectivity index is 2.75. The second kappa shape index (κ2) is 4.60. The fourth-order valence-corrected chi connectivity index (χ4v) is 1.03. The van der Waals surface area contributed by atoms with Crippen molar-refractivity contribution >= 4 is 5.97 Å². The van der Waals surface area contributed by atoms with Crippen LogP contribution in [0.15, 0.2) is 24.3 Å². The SMILES string of the molecule is COC(=O)c1ccc(CCF)cc1. The number of rotatable bonds is 3. The molecule has 0 amide bonds. The third-order valence-electron chi connectivity index (χ3n) is 1.76. The predicted molar refractivity (Wildman–Crippen MR) is 47.5 cm³/mol. The van der Waals surface area contributed by atoms with Gasteiger partial charge in [-0.25, -0.2) is 4.79 Å². The number of halogens is 1. The van der Waals surface area contributed by atoms with Crippen LogP contribution in [0.2, 0.25) is 0 Å². The number of methoxy groups -OCH3 is 1. The first-order valence-electron chi connectivity index (χ1n) is 4.01. The van der Waals surface area contributed by atoms with Gasteiger partial charge in [0.15, 0.2) is 0 Å². The summed E-state index contributed by atoms with van der Waals surface area (Å²) in [6.07, 6.45) is 0.390. The summed E-state index contributed by atoms with van der Waals surface area (Å²) < 4.78 is 16.4. The lowest BCUT2D eigenvalue weighted by molar-refractivity contribution is 0.0601. The van der Waals surface area contributed by atoms with E-state index in [0.717, 1.165) is 5.56 Å². The van der Waals surface area contributed by atoms with Crippen LogP contribution >= 0.6 is 0 Å². The Labute approximate surface area is 76.3 Å². The van der Waals surface area contributed by atoms with Crippen LogP contribution in [0.4, 0.5) is 4.39 Å². The monoisotopic (exact) mass is 182 g/mol. The average Bonchev–Trinajstić information content (AvgIpc) is 2.18. The van der Waals surface area contributed by atoms with Crippen LogP contribution in [0.5, 0.6) is 0 Å². The van der Waals surface area contributed by atoms with Gasteiger partial charge in [0, 0.05) is 6.42 Å². The van der Waals surface area contributed by atoms with Gasteiger partial charge >= 0.3 is 5.97 Å². The lowest BCUT2D eigenvalue weighted by Crippen LogP contribution is -2.00. The molecule has 13 heavy (non-hydrogen) atoms. The van der Waals surface area contributed by atoms with Crippen LogP contribution in [0.25, 0.3) is 0 Å². The highest BCUT2D eigenvalue weighted by Gasteiger charge is 2.03. The predicted octanol–water partition coefficient (Wildman–Crippen LogP) is 1.99. The first-order chi connectivity index (χ1) is 6.27. The first kappa shape index (κ1) is 9.71. The van der Waals surface area contributed by atoms with E-state index in [2.05, 4.69) is 4.74 Å². The molecule has 0 spiro atoms. The van der Waals surface area contributed by atoms with Gasteiger partial charge in [-0.05, 0) is 17.7 Å². The van der Waals surface area contributed by atoms with Gasteiger partial charge in [-0.15, -0.1) is 0 Å². The quantitative estimate of drug-likeness (QED) is 0.668. The van der Waals surface area contributed by atoms with Crippen molar-refractivity contribution in [3.05, 3.63) is 35.4 Å². The fourth-order valence-electron chi connectivity index (χ4n) is 1.03. The number of hydrogen-bond donors (Lipinski definition) is 0. The van der Waals surface area contributed by atoms with Gasteiger partial charge < -0.3 is 4.74 Å². The van der Waals surface area contributed by atoms with Gasteiger partial charge in [0.1, 0.15) is 0 Å². The maximum Gasteiger partial charge on any atom is 0.337 e. The molecule has 0 aliphatic heterocycles. The van der Waals surface area contributed by atoms with E-state index in [9.17, 15) is 9.18 Å². The highest BCUT2D eigenvalue weighted by Crippen LogP contribution is 2.06. The zero-order valence-electron chi connectivity index (χ0n) is 7.42. The number of carbonyl (C=O) groups is 1. The number of carbonyl (C=O) groups excluding carboxylic acids is 1. The van der Waals surface area contributed by atoms with Gasteiger partial charge in [-0.2, -0.15) is 0 Å². The van der Waals surface area contributed by atoms with E-state index in [1.165, 1.54) is 7.11 Å². The van der Waals surface area contributed by atoms with E-state index in [1.807, 2.05) is 0 Å². The lowest BCUT2D eigenvalue weighted by Gasteiger charge is -2.00. The number of hydrogen-bond acceptors (Lipinski definition) is 2. The Hall–Kier alpha value is -1.38. The second-order valence-electron chi connectivity index (χ2n) is 2.63. The molecule has 0 unspecified atom stereocenters. The van der Waals surface area contributed by atoms with E-state index in [4.69, 9.17) is 0 Å². The Morgan fingerprint density at radius 1 is 1.38 bits per heavy atom. The molecule has 0 fully saturated rings. The molecule has 0 radical (unpaired) electrons. The summed E-state index contributed by atoms with van der Waals surface area (Å²) in [7, 11) is 1.33. The summed E-state index contributed by atoms with van der Waals surface area (Å²) in [4.78, 5) is 11.0. The molecule has 0 aliphatic rings. The zero-order chi connectivity index (χ0) is 9.68. The summed E-state index contributed by atoms with van der Waals surface area (Å²) in [6, 6.07) is 6.73. The van der Waals surface area contributed by atoms with Crippen LogP contribution in [0, 0.1) is 0 Å². The lowest BCUT2D eigenvalue weighted by atomic mass is 10.1. The summed E-state index contributed by atoms with van der Waals surface area (Å²) in [5.74, 6) is -0.369. The minimum absolute atomic E-state index is 0.369. The molecule has 0 saturated heterocycles. The van der Waals surface area contributed by atoms with Crippen LogP contribution in [-0.4, -0.2) is 19.8 Å².